The monoisotopic (exact) mass is 605 g/mol. The van der Waals surface area contributed by atoms with E-state index in [4.69, 9.17) is 9.47 Å². The Bertz CT molecular complexity index is 1720. The fourth-order valence-corrected chi connectivity index (χ4v) is 4.88. The van der Waals surface area contributed by atoms with Crippen LogP contribution in [-0.4, -0.2) is 88.3 Å². The first-order valence-corrected chi connectivity index (χ1v) is 14.2. The maximum Gasteiger partial charge on any atom is 0.416 e. The van der Waals surface area contributed by atoms with E-state index < -0.39 is 17.6 Å². The molecule has 0 unspecified atom stereocenters. The lowest BCUT2D eigenvalue weighted by Crippen LogP contribution is -2.44. The summed E-state index contributed by atoms with van der Waals surface area (Å²) < 4.78 is 54.4. The van der Waals surface area contributed by atoms with Gasteiger partial charge in [0, 0.05) is 68.4 Å². The standard InChI is InChI=1S/C31H30F3N7O3/c1-39-8-10-40(11-9-39)17-23-3-4-25(13-27(23)31(32,33)34)37-30(42)24-12-21(14-35-15-24)2-5-26-16-36-28-6-7-29(38-41(26)28)44-20-22-18-43-19-22/h3-4,6-7,12-16,22H,8-11,17-20H2,1H3,(H,37,42). The highest BCUT2D eigenvalue weighted by molar-refractivity contribution is 6.04. The third-order valence-corrected chi connectivity index (χ3v) is 7.51. The van der Waals surface area contributed by atoms with Crippen LogP contribution in [0.4, 0.5) is 18.9 Å². The second-order valence-corrected chi connectivity index (χ2v) is 10.9. The number of nitrogens with one attached hydrogen (secondary N) is 1. The van der Waals surface area contributed by atoms with Crippen LogP contribution in [0.3, 0.4) is 0 Å². The minimum absolute atomic E-state index is 0.0422. The summed E-state index contributed by atoms with van der Waals surface area (Å²) in [6, 6.07) is 8.94. The van der Waals surface area contributed by atoms with Crippen LogP contribution in [0.1, 0.15) is 32.7 Å². The first kappa shape index (κ1) is 29.6. The van der Waals surface area contributed by atoms with Gasteiger partial charge in [0.2, 0.25) is 5.88 Å². The molecule has 0 radical (unpaired) electrons. The Morgan fingerprint density at radius 3 is 2.64 bits per heavy atom. The molecule has 1 aromatic carbocycles. The summed E-state index contributed by atoms with van der Waals surface area (Å²) in [7, 11) is 1.99. The minimum atomic E-state index is -4.56. The predicted octanol–water partition coefficient (Wildman–Crippen LogP) is 3.57. The second-order valence-electron chi connectivity index (χ2n) is 10.9. The lowest BCUT2D eigenvalue weighted by atomic mass is 10.0. The fourth-order valence-electron chi connectivity index (χ4n) is 4.88. The zero-order valence-electron chi connectivity index (χ0n) is 24.0. The number of aromatic nitrogens is 4. The lowest BCUT2D eigenvalue weighted by Gasteiger charge is -2.33. The van der Waals surface area contributed by atoms with Crippen molar-refractivity contribution in [3.8, 4) is 17.7 Å². The van der Waals surface area contributed by atoms with Crippen molar-refractivity contribution < 1.29 is 27.4 Å². The van der Waals surface area contributed by atoms with Crippen molar-refractivity contribution in [2.45, 2.75) is 12.7 Å². The Hall–Kier alpha value is -4.51. The number of hydrogen-bond donors (Lipinski definition) is 1. The van der Waals surface area contributed by atoms with Gasteiger partial charge in [-0.05, 0) is 42.8 Å². The van der Waals surface area contributed by atoms with Gasteiger partial charge in [-0.15, -0.1) is 5.10 Å². The molecule has 0 aliphatic carbocycles. The van der Waals surface area contributed by atoms with Gasteiger partial charge >= 0.3 is 6.18 Å². The maximum absolute atomic E-state index is 14.0. The van der Waals surface area contributed by atoms with Crippen LogP contribution < -0.4 is 10.1 Å². The molecule has 44 heavy (non-hydrogen) atoms. The average molecular weight is 606 g/mol. The molecule has 2 fully saturated rings. The number of ether oxygens (including phenoxy) is 2. The first-order valence-electron chi connectivity index (χ1n) is 14.2. The number of pyridine rings is 1. The summed E-state index contributed by atoms with van der Waals surface area (Å²) in [5, 5.41) is 7.03. The minimum Gasteiger partial charge on any atom is -0.476 e. The zero-order chi connectivity index (χ0) is 30.7. The third kappa shape index (κ3) is 6.99. The predicted molar refractivity (Wildman–Crippen MR) is 155 cm³/mol. The van der Waals surface area contributed by atoms with Crippen molar-refractivity contribution in [1.82, 2.24) is 29.4 Å². The topological polar surface area (TPSA) is 97.1 Å². The van der Waals surface area contributed by atoms with Crippen LogP contribution >= 0.6 is 0 Å². The molecule has 0 bridgehead atoms. The molecule has 0 atom stereocenters. The smallest absolute Gasteiger partial charge is 0.416 e. The molecule has 3 aromatic heterocycles. The molecule has 2 saturated heterocycles. The average Bonchev–Trinajstić information content (AvgIpc) is 3.39. The normalized spacial score (nSPS) is 16.3. The van der Waals surface area contributed by atoms with Crippen LogP contribution in [0, 0.1) is 17.8 Å². The molecule has 10 nitrogen and oxygen atoms in total. The van der Waals surface area contributed by atoms with E-state index in [1.807, 2.05) is 11.9 Å². The van der Waals surface area contributed by atoms with E-state index in [2.05, 4.69) is 37.1 Å². The van der Waals surface area contributed by atoms with Gasteiger partial charge in [-0.25, -0.2) is 9.50 Å². The van der Waals surface area contributed by atoms with Crippen LogP contribution in [0.5, 0.6) is 5.88 Å². The Morgan fingerprint density at radius 1 is 1.07 bits per heavy atom. The molecule has 4 aromatic rings. The number of alkyl halides is 3. The van der Waals surface area contributed by atoms with Gasteiger partial charge in [-0.3, -0.25) is 14.7 Å². The summed E-state index contributed by atoms with van der Waals surface area (Å²) in [6.45, 7) is 5.03. The van der Waals surface area contributed by atoms with E-state index in [9.17, 15) is 18.0 Å². The van der Waals surface area contributed by atoms with Gasteiger partial charge < -0.3 is 19.7 Å². The number of amides is 1. The van der Waals surface area contributed by atoms with E-state index in [0.717, 1.165) is 19.2 Å². The van der Waals surface area contributed by atoms with Crippen LogP contribution in [0.2, 0.25) is 0 Å². The number of halogens is 3. The molecular formula is C31H30F3N7O3. The molecule has 1 amide bonds. The van der Waals surface area contributed by atoms with Crippen molar-refractivity contribution >= 4 is 17.2 Å². The van der Waals surface area contributed by atoms with Crippen LogP contribution in [0.25, 0.3) is 5.65 Å². The van der Waals surface area contributed by atoms with Gasteiger partial charge in [-0.2, -0.15) is 13.2 Å². The number of fused-ring (bicyclic) bond motifs is 1. The first-order chi connectivity index (χ1) is 21.2. The largest absolute Gasteiger partial charge is 0.476 e. The van der Waals surface area contributed by atoms with Gasteiger partial charge in [0.25, 0.3) is 5.91 Å². The van der Waals surface area contributed by atoms with Gasteiger partial charge in [0.05, 0.1) is 37.1 Å². The number of piperazine rings is 1. The number of carbonyl (C=O) groups excluding carboxylic acids is 1. The van der Waals surface area contributed by atoms with Crippen molar-refractivity contribution in [2.24, 2.45) is 5.92 Å². The Labute approximate surface area is 251 Å². The quantitative estimate of drug-likeness (QED) is 0.320. The molecular weight excluding hydrogens is 575 g/mol. The van der Waals surface area contributed by atoms with Gasteiger partial charge in [-0.1, -0.05) is 12.0 Å². The molecule has 1 N–H and O–H groups in total. The number of carbonyl (C=O) groups is 1. The highest BCUT2D eigenvalue weighted by Gasteiger charge is 2.34. The van der Waals surface area contributed by atoms with Crippen molar-refractivity contribution in [3.63, 3.8) is 0 Å². The van der Waals surface area contributed by atoms with Gasteiger partial charge in [0.15, 0.2) is 5.65 Å². The summed E-state index contributed by atoms with van der Waals surface area (Å²) >= 11 is 0. The number of likely N-dealkylation sites (N-methyl/N-ethyl adjacent to an activating group) is 1. The van der Waals surface area contributed by atoms with Crippen molar-refractivity contribution in [1.29, 1.82) is 0 Å². The number of anilines is 1. The van der Waals surface area contributed by atoms with E-state index >= 15 is 0 Å². The van der Waals surface area contributed by atoms with E-state index in [1.54, 1.807) is 22.8 Å². The fraction of sp³-hybridized carbons (Fsp3) is 0.355. The second kappa shape index (κ2) is 12.6. The number of imidazole rings is 1. The molecule has 2 aliphatic heterocycles. The Balaban J connectivity index is 1.15. The molecule has 2 aliphatic rings. The SMILES string of the molecule is CN1CCN(Cc2ccc(NC(=O)c3cncc(C#Cc4cnc5ccc(OCC6COC6)nn45)c3)cc2C(F)(F)F)CC1. The highest BCUT2D eigenvalue weighted by Crippen LogP contribution is 2.34. The van der Waals surface area contributed by atoms with E-state index in [0.29, 0.717) is 61.6 Å². The lowest BCUT2D eigenvalue weighted by molar-refractivity contribution is -0.138. The van der Waals surface area contributed by atoms with Crippen molar-refractivity contribution in [2.75, 3.05) is 58.4 Å². The van der Waals surface area contributed by atoms with Crippen molar-refractivity contribution in [3.05, 3.63) is 82.9 Å². The number of nitrogens with zero attached hydrogens (tertiary/aromatic N) is 6. The molecule has 0 spiro atoms. The van der Waals surface area contributed by atoms with E-state index in [-0.39, 0.29) is 23.4 Å². The number of hydrogen-bond acceptors (Lipinski definition) is 8. The van der Waals surface area contributed by atoms with Crippen LogP contribution in [-0.2, 0) is 17.5 Å². The molecule has 5 heterocycles. The summed E-state index contributed by atoms with van der Waals surface area (Å²) in [4.78, 5) is 25.6. The summed E-state index contributed by atoms with van der Waals surface area (Å²) in [5.41, 5.74) is 1.13. The Kier molecular flexibility index (Phi) is 8.47. The third-order valence-electron chi connectivity index (χ3n) is 7.51. The molecule has 6 rings (SSSR count). The van der Waals surface area contributed by atoms with Crippen LogP contribution in [0.15, 0.2) is 55.0 Å². The molecule has 228 valence electrons. The van der Waals surface area contributed by atoms with Gasteiger partial charge in [0.1, 0.15) is 5.69 Å². The zero-order valence-corrected chi connectivity index (χ0v) is 24.0. The number of benzene rings is 1. The highest BCUT2D eigenvalue weighted by atomic mass is 19.4. The number of rotatable bonds is 7. The summed E-state index contributed by atoms with van der Waals surface area (Å²) in [5.74, 6) is 6.13. The summed E-state index contributed by atoms with van der Waals surface area (Å²) in [6.07, 6.45) is -0.163. The Morgan fingerprint density at radius 2 is 1.89 bits per heavy atom. The van der Waals surface area contributed by atoms with E-state index in [1.165, 1.54) is 30.6 Å². The molecule has 0 saturated carbocycles. The molecule has 13 heteroatoms. The maximum atomic E-state index is 14.0.